The van der Waals surface area contributed by atoms with Crippen LogP contribution in [0.5, 0.6) is 11.6 Å². The maximum Gasteiger partial charge on any atom is 0.220 e. The van der Waals surface area contributed by atoms with Gasteiger partial charge >= 0.3 is 0 Å². The molecule has 0 aliphatic carbocycles. The molecule has 1 aromatic carbocycles. The summed E-state index contributed by atoms with van der Waals surface area (Å²) in [6, 6.07) is 9.54. The van der Waals surface area contributed by atoms with Gasteiger partial charge in [0.05, 0.1) is 5.39 Å². The molecule has 0 amide bonds. The van der Waals surface area contributed by atoms with E-state index < -0.39 is 5.82 Å². The third kappa shape index (κ3) is 2.82. The van der Waals surface area contributed by atoms with Crippen LogP contribution in [0.25, 0.3) is 22.2 Å². The van der Waals surface area contributed by atoms with Gasteiger partial charge in [-0.1, -0.05) is 23.7 Å². The first-order chi connectivity index (χ1) is 12.5. The topological polar surface area (TPSA) is 78.9 Å². The second kappa shape index (κ2) is 6.27. The van der Waals surface area contributed by atoms with E-state index in [-0.39, 0.29) is 16.8 Å². The van der Waals surface area contributed by atoms with Gasteiger partial charge in [0.15, 0.2) is 11.6 Å². The first kappa shape index (κ1) is 16.3. The van der Waals surface area contributed by atoms with Gasteiger partial charge in [0.25, 0.3) is 0 Å². The molecular weight excluding hydrogens is 357 g/mol. The fourth-order valence-corrected chi connectivity index (χ4v) is 2.92. The molecule has 130 valence electrons. The molecule has 0 bridgehead atoms. The summed E-state index contributed by atoms with van der Waals surface area (Å²) in [7, 11) is 1.84. The van der Waals surface area contributed by atoms with Crippen molar-refractivity contribution in [1.82, 2.24) is 19.5 Å². The average Bonchev–Trinajstić information content (AvgIpc) is 2.95. The van der Waals surface area contributed by atoms with Gasteiger partial charge in [0.2, 0.25) is 5.88 Å². The standard InChI is InChI=1S/C18H13ClFN5O/c1-25-8-11(16-17(21)22-9-23-18(16)25)10-5-6-13(12(20)7-10)26-15-4-2-3-14(19)24-15/h2-9H,1H3,(H2,21,22,23). The fraction of sp³-hybridized carbons (Fsp3) is 0.0556. The summed E-state index contributed by atoms with van der Waals surface area (Å²) < 4.78 is 21.9. The number of nitrogen functional groups attached to an aromatic ring is 1. The van der Waals surface area contributed by atoms with E-state index in [1.807, 2.05) is 17.8 Å². The zero-order chi connectivity index (χ0) is 18.3. The van der Waals surface area contributed by atoms with Crippen LogP contribution in [0.1, 0.15) is 0 Å². The first-order valence-corrected chi connectivity index (χ1v) is 8.06. The number of fused-ring (bicyclic) bond motifs is 1. The molecule has 0 saturated carbocycles. The van der Waals surface area contributed by atoms with Crippen LogP contribution in [0.15, 0.2) is 48.9 Å². The van der Waals surface area contributed by atoms with Crippen LogP contribution in [0.4, 0.5) is 10.2 Å². The quantitative estimate of drug-likeness (QED) is 0.547. The number of pyridine rings is 1. The number of benzene rings is 1. The van der Waals surface area contributed by atoms with Crippen molar-refractivity contribution in [2.75, 3.05) is 5.73 Å². The van der Waals surface area contributed by atoms with Crippen LogP contribution in [0.3, 0.4) is 0 Å². The summed E-state index contributed by atoms with van der Waals surface area (Å²) in [6.07, 6.45) is 3.24. The Labute approximate surface area is 153 Å². The number of anilines is 1. The molecule has 0 aliphatic rings. The number of rotatable bonds is 3. The number of nitrogens with two attached hydrogens (primary N) is 1. The molecule has 3 aromatic heterocycles. The molecule has 2 N–H and O–H groups in total. The molecule has 0 aliphatic heterocycles. The Kier molecular flexibility index (Phi) is 3.93. The van der Waals surface area contributed by atoms with Gasteiger partial charge in [-0.05, 0) is 23.8 Å². The second-order valence-corrected chi connectivity index (χ2v) is 6.04. The molecule has 0 fully saturated rings. The minimum atomic E-state index is -0.531. The number of nitrogens with zero attached hydrogens (tertiary/aromatic N) is 4. The highest BCUT2D eigenvalue weighted by Gasteiger charge is 2.15. The molecule has 0 unspecified atom stereocenters. The lowest BCUT2D eigenvalue weighted by molar-refractivity contribution is 0.428. The largest absolute Gasteiger partial charge is 0.436 e. The molecule has 0 atom stereocenters. The Morgan fingerprint density at radius 3 is 2.81 bits per heavy atom. The summed E-state index contributed by atoms with van der Waals surface area (Å²) in [5.74, 6) is 0.0751. The number of aromatic nitrogens is 4. The highest BCUT2D eigenvalue weighted by atomic mass is 35.5. The van der Waals surface area contributed by atoms with Gasteiger partial charge in [-0.25, -0.2) is 19.3 Å². The third-order valence-electron chi connectivity index (χ3n) is 3.93. The minimum absolute atomic E-state index is 0.0491. The Morgan fingerprint density at radius 1 is 1.19 bits per heavy atom. The number of ether oxygens (including phenoxy) is 1. The summed E-state index contributed by atoms with van der Waals surface area (Å²) in [6.45, 7) is 0. The van der Waals surface area contributed by atoms with Crippen LogP contribution in [-0.4, -0.2) is 19.5 Å². The van der Waals surface area contributed by atoms with E-state index in [2.05, 4.69) is 15.0 Å². The Morgan fingerprint density at radius 2 is 2.04 bits per heavy atom. The van der Waals surface area contributed by atoms with Gasteiger partial charge in [-0.15, -0.1) is 0 Å². The van der Waals surface area contributed by atoms with E-state index in [1.54, 1.807) is 24.3 Å². The van der Waals surface area contributed by atoms with Crippen molar-refractivity contribution >= 4 is 28.5 Å². The molecule has 6 nitrogen and oxygen atoms in total. The molecule has 3 heterocycles. The van der Waals surface area contributed by atoms with E-state index in [0.717, 1.165) is 5.56 Å². The molecule has 0 spiro atoms. The van der Waals surface area contributed by atoms with Crippen LogP contribution >= 0.6 is 11.6 Å². The third-order valence-corrected chi connectivity index (χ3v) is 4.14. The highest BCUT2D eigenvalue weighted by molar-refractivity contribution is 6.29. The molecule has 8 heteroatoms. The summed E-state index contributed by atoms with van der Waals surface area (Å²) in [5.41, 5.74) is 8.05. The molecule has 0 saturated heterocycles. The summed E-state index contributed by atoms with van der Waals surface area (Å²) in [5, 5.41) is 0.949. The number of hydrogen-bond acceptors (Lipinski definition) is 5. The van der Waals surface area contributed by atoms with Crippen molar-refractivity contribution in [3.8, 4) is 22.8 Å². The number of aryl methyl sites for hydroxylation is 1. The first-order valence-electron chi connectivity index (χ1n) is 7.69. The SMILES string of the molecule is Cn1cc(-c2ccc(Oc3cccc(Cl)n3)c(F)c2)c2c(N)ncnc21. The second-order valence-electron chi connectivity index (χ2n) is 5.66. The maximum atomic E-state index is 14.6. The number of hydrogen-bond donors (Lipinski definition) is 1. The Hall–Kier alpha value is -3.19. The minimum Gasteiger partial charge on any atom is -0.436 e. The van der Waals surface area contributed by atoms with Crippen molar-refractivity contribution < 1.29 is 9.13 Å². The fourth-order valence-electron chi connectivity index (χ4n) is 2.76. The number of halogens is 2. The smallest absolute Gasteiger partial charge is 0.220 e. The Bertz CT molecular complexity index is 1130. The van der Waals surface area contributed by atoms with E-state index in [1.165, 1.54) is 18.5 Å². The molecule has 26 heavy (non-hydrogen) atoms. The van der Waals surface area contributed by atoms with E-state index in [0.29, 0.717) is 22.4 Å². The monoisotopic (exact) mass is 369 g/mol. The molecule has 4 aromatic rings. The van der Waals surface area contributed by atoms with Crippen molar-refractivity contribution in [3.63, 3.8) is 0 Å². The maximum absolute atomic E-state index is 14.6. The lowest BCUT2D eigenvalue weighted by Gasteiger charge is -2.08. The Balaban J connectivity index is 1.75. The lowest BCUT2D eigenvalue weighted by atomic mass is 10.1. The zero-order valence-corrected chi connectivity index (χ0v) is 14.4. The van der Waals surface area contributed by atoms with E-state index in [4.69, 9.17) is 22.1 Å². The zero-order valence-electron chi connectivity index (χ0n) is 13.6. The predicted molar refractivity (Wildman–Crippen MR) is 97.6 cm³/mol. The summed E-state index contributed by atoms with van der Waals surface area (Å²) >= 11 is 5.82. The predicted octanol–water partition coefficient (Wildman–Crippen LogP) is 4.20. The van der Waals surface area contributed by atoms with Crippen molar-refractivity contribution in [2.45, 2.75) is 0 Å². The average molecular weight is 370 g/mol. The van der Waals surface area contributed by atoms with Crippen molar-refractivity contribution in [1.29, 1.82) is 0 Å². The van der Waals surface area contributed by atoms with Crippen molar-refractivity contribution in [2.24, 2.45) is 7.05 Å². The van der Waals surface area contributed by atoms with Crippen LogP contribution in [0, 0.1) is 5.82 Å². The van der Waals surface area contributed by atoms with Gasteiger partial charge in [-0.2, -0.15) is 0 Å². The molecular formula is C18H13ClFN5O. The highest BCUT2D eigenvalue weighted by Crippen LogP contribution is 2.34. The van der Waals surface area contributed by atoms with Crippen LogP contribution in [-0.2, 0) is 7.05 Å². The van der Waals surface area contributed by atoms with Gasteiger partial charge in [0.1, 0.15) is 22.9 Å². The van der Waals surface area contributed by atoms with Crippen LogP contribution < -0.4 is 10.5 Å². The normalized spacial score (nSPS) is 11.0. The van der Waals surface area contributed by atoms with E-state index >= 15 is 0 Å². The molecule has 0 radical (unpaired) electrons. The van der Waals surface area contributed by atoms with E-state index in [9.17, 15) is 4.39 Å². The van der Waals surface area contributed by atoms with Gasteiger partial charge < -0.3 is 15.0 Å². The van der Waals surface area contributed by atoms with Crippen LogP contribution in [0.2, 0.25) is 5.15 Å². The summed E-state index contributed by atoms with van der Waals surface area (Å²) in [4.78, 5) is 12.2. The lowest BCUT2D eigenvalue weighted by Crippen LogP contribution is -1.94. The van der Waals surface area contributed by atoms with Crippen molar-refractivity contribution in [3.05, 3.63) is 59.9 Å². The molecule has 4 rings (SSSR count). The van der Waals surface area contributed by atoms with Gasteiger partial charge in [-0.3, -0.25) is 0 Å². The van der Waals surface area contributed by atoms with Gasteiger partial charge in [0, 0.05) is 24.9 Å².